The Morgan fingerprint density at radius 3 is 2.76 bits per heavy atom. The van der Waals surface area contributed by atoms with Gasteiger partial charge in [-0.05, 0) is 6.92 Å². The van der Waals surface area contributed by atoms with E-state index in [1.807, 2.05) is 0 Å². The van der Waals surface area contributed by atoms with Crippen molar-refractivity contribution in [2.75, 3.05) is 12.4 Å². The molecule has 1 heterocycles. The van der Waals surface area contributed by atoms with Crippen LogP contribution >= 0.6 is 11.8 Å². The Morgan fingerprint density at radius 1 is 1.47 bits per heavy atom. The van der Waals surface area contributed by atoms with Crippen LogP contribution in [0, 0.1) is 0 Å². The van der Waals surface area contributed by atoms with Gasteiger partial charge in [0.05, 0.1) is 12.4 Å². The first-order valence-corrected chi connectivity index (χ1v) is 5.98. The maximum absolute atomic E-state index is 11.3. The smallest absolute Gasteiger partial charge is 0.313 e. The van der Waals surface area contributed by atoms with Gasteiger partial charge in [-0.15, -0.1) is 10.2 Å². The van der Waals surface area contributed by atoms with Gasteiger partial charge in [-0.25, -0.2) is 0 Å². The van der Waals surface area contributed by atoms with Gasteiger partial charge < -0.3 is 15.0 Å². The molecule has 0 aliphatic rings. The number of amides is 1. The molecule has 7 nitrogen and oxygen atoms in total. The van der Waals surface area contributed by atoms with E-state index in [1.165, 1.54) is 11.8 Å². The van der Waals surface area contributed by atoms with Gasteiger partial charge in [-0.2, -0.15) is 0 Å². The first-order valence-electron chi connectivity index (χ1n) is 4.99. The molecule has 0 radical (unpaired) electrons. The summed E-state index contributed by atoms with van der Waals surface area (Å²) in [5.41, 5.74) is 5.03. The van der Waals surface area contributed by atoms with Crippen LogP contribution in [0.5, 0.6) is 0 Å². The summed E-state index contributed by atoms with van der Waals surface area (Å²) in [6, 6.07) is 0. The van der Waals surface area contributed by atoms with E-state index < -0.39 is 5.91 Å². The van der Waals surface area contributed by atoms with Gasteiger partial charge in [0.15, 0.2) is 5.16 Å². The summed E-state index contributed by atoms with van der Waals surface area (Å²) in [5, 5.41) is 8.26. The third-order valence-electron chi connectivity index (χ3n) is 1.88. The van der Waals surface area contributed by atoms with E-state index in [9.17, 15) is 9.59 Å². The van der Waals surface area contributed by atoms with Crippen LogP contribution in [0.3, 0.4) is 0 Å². The normalized spacial score (nSPS) is 10.2. The van der Waals surface area contributed by atoms with Gasteiger partial charge in [0.2, 0.25) is 5.91 Å². The summed E-state index contributed by atoms with van der Waals surface area (Å²) in [6.45, 7) is 2.07. The summed E-state index contributed by atoms with van der Waals surface area (Å²) < 4.78 is 6.45. The lowest BCUT2D eigenvalue weighted by Gasteiger charge is -2.02. The Balaban J connectivity index is 2.63. The van der Waals surface area contributed by atoms with Crippen LogP contribution in [0.15, 0.2) is 5.16 Å². The van der Waals surface area contributed by atoms with Crippen molar-refractivity contribution in [2.45, 2.75) is 18.5 Å². The standard InChI is InChI=1S/C9H14N4O3S/c1-3-16-8(15)4-7-11-12-9(13(7)2)17-5-6(10)14/h3-5H2,1-2H3,(H2,10,14). The van der Waals surface area contributed by atoms with Crippen LogP contribution in [0.25, 0.3) is 0 Å². The molecule has 94 valence electrons. The third kappa shape index (κ3) is 4.06. The third-order valence-corrected chi connectivity index (χ3v) is 2.92. The van der Waals surface area contributed by atoms with Crippen LogP contribution in [-0.4, -0.2) is 39.0 Å². The molecule has 17 heavy (non-hydrogen) atoms. The zero-order valence-corrected chi connectivity index (χ0v) is 10.5. The quantitative estimate of drug-likeness (QED) is 0.545. The van der Waals surface area contributed by atoms with Crippen molar-refractivity contribution in [2.24, 2.45) is 12.8 Å². The van der Waals surface area contributed by atoms with Gasteiger partial charge in [-0.3, -0.25) is 9.59 Å². The molecule has 2 N–H and O–H groups in total. The number of nitrogens with two attached hydrogens (primary N) is 1. The second-order valence-corrected chi connectivity index (χ2v) is 4.14. The summed E-state index contributed by atoms with van der Waals surface area (Å²) >= 11 is 1.18. The van der Waals surface area contributed by atoms with Gasteiger partial charge in [0.25, 0.3) is 0 Å². The molecule has 1 aromatic rings. The van der Waals surface area contributed by atoms with Gasteiger partial charge in [0, 0.05) is 7.05 Å². The van der Waals surface area contributed by atoms with Gasteiger partial charge in [0.1, 0.15) is 12.2 Å². The van der Waals surface area contributed by atoms with Crippen molar-refractivity contribution >= 4 is 23.6 Å². The second kappa shape index (κ2) is 6.24. The Hall–Kier alpha value is -1.57. The molecule has 1 aromatic heterocycles. The lowest BCUT2D eigenvalue weighted by molar-refractivity contribution is -0.142. The number of carbonyl (C=O) groups is 2. The zero-order valence-electron chi connectivity index (χ0n) is 9.67. The molecule has 1 amide bonds. The molecule has 0 saturated heterocycles. The Morgan fingerprint density at radius 2 is 2.18 bits per heavy atom. The Labute approximate surface area is 103 Å². The minimum absolute atomic E-state index is 0.0640. The number of ether oxygens (including phenoxy) is 1. The average molecular weight is 258 g/mol. The lowest BCUT2D eigenvalue weighted by Crippen LogP contribution is -2.14. The molecule has 0 saturated carbocycles. The molecule has 0 atom stereocenters. The van der Waals surface area contributed by atoms with Crippen LogP contribution in [0.1, 0.15) is 12.7 Å². The molecule has 0 aromatic carbocycles. The highest BCUT2D eigenvalue weighted by molar-refractivity contribution is 7.99. The molecular weight excluding hydrogens is 244 g/mol. The number of carbonyl (C=O) groups excluding carboxylic acids is 2. The zero-order chi connectivity index (χ0) is 12.8. The van der Waals surface area contributed by atoms with Crippen LogP contribution in [-0.2, 0) is 27.8 Å². The molecule has 1 rings (SSSR count). The van der Waals surface area contributed by atoms with E-state index in [-0.39, 0.29) is 18.1 Å². The number of rotatable bonds is 6. The summed E-state index contributed by atoms with van der Waals surface area (Å²) in [6.07, 6.45) is 0.0640. The number of hydrogen-bond donors (Lipinski definition) is 1. The van der Waals surface area contributed by atoms with E-state index in [2.05, 4.69) is 10.2 Å². The molecule has 0 aliphatic carbocycles. The summed E-state index contributed by atoms with van der Waals surface area (Å²) in [5.74, 6) is -0.152. The number of esters is 1. The van der Waals surface area contributed by atoms with Crippen molar-refractivity contribution in [3.8, 4) is 0 Å². The maximum atomic E-state index is 11.3. The summed E-state index contributed by atoms with van der Waals surface area (Å²) in [7, 11) is 1.72. The molecule has 0 aliphatic heterocycles. The van der Waals surface area contributed by atoms with E-state index in [4.69, 9.17) is 10.5 Å². The monoisotopic (exact) mass is 258 g/mol. The van der Waals surface area contributed by atoms with E-state index >= 15 is 0 Å². The number of thioether (sulfide) groups is 1. The largest absolute Gasteiger partial charge is 0.466 e. The SMILES string of the molecule is CCOC(=O)Cc1nnc(SCC(N)=O)n1C. The molecule has 0 unspecified atom stereocenters. The summed E-state index contributed by atoms with van der Waals surface area (Å²) in [4.78, 5) is 21.9. The van der Waals surface area contributed by atoms with Crippen molar-refractivity contribution in [1.29, 1.82) is 0 Å². The molecule has 8 heteroatoms. The number of hydrogen-bond acceptors (Lipinski definition) is 6. The number of primary amides is 1. The Bertz CT molecular complexity index is 418. The van der Waals surface area contributed by atoms with Gasteiger partial charge >= 0.3 is 5.97 Å². The minimum atomic E-state index is -0.426. The highest BCUT2D eigenvalue weighted by Gasteiger charge is 2.14. The highest BCUT2D eigenvalue weighted by Crippen LogP contribution is 2.15. The highest BCUT2D eigenvalue weighted by atomic mass is 32.2. The Kier molecular flexibility index (Phi) is 4.95. The van der Waals surface area contributed by atoms with E-state index in [0.717, 1.165) is 0 Å². The topological polar surface area (TPSA) is 100 Å². The predicted molar refractivity (Wildman–Crippen MR) is 61.3 cm³/mol. The van der Waals surface area contributed by atoms with Crippen molar-refractivity contribution < 1.29 is 14.3 Å². The first-order chi connectivity index (χ1) is 8.04. The molecular formula is C9H14N4O3S. The van der Waals surface area contributed by atoms with Crippen molar-refractivity contribution in [3.05, 3.63) is 5.82 Å². The van der Waals surface area contributed by atoms with Crippen molar-refractivity contribution in [1.82, 2.24) is 14.8 Å². The number of nitrogens with zero attached hydrogens (tertiary/aromatic N) is 3. The van der Waals surface area contributed by atoms with Crippen LogP contribution < -0.4 is 5.73 Å². The number of aromatic nitrogens is 3. The molecule has 0 fully saturated rings. The lowest BCUT2D eigenvalue weighted by atomic mass is 10.4. The van der Waals surface area contributed by atoms with E-state index in [1.54, 1.807) is 18.5 Å². The second-order valence-electron chi connectivity index (χ2n) is 3.19. The van der Waals surface area contributed by atoms with Crippen LogP contribution in [0.4, 0.5) is 0 Å². The molecule has 0 bridgehead atoms. The maximum Gasteiger partial charge on any atom is 0.313 e. The van der Waals surface area contributed by atoms with Gasteiger partial charge in [-0.1, -0.05) is 11.8 Å². The first kappa shape index (κ1) is 13.5. The average Bonchev–Trinajstić information content (AvgIpc) is 2.58. The fourth-order valence-corrected chi connectivity index (χ4v) is 1.77. The fourth-order valence-electron chi connectivity index (χ4n) is 1.10. The fraction of sp³-hybridized carbons (Fsp3) is 0.556. The minimum Gasteiger partial charge on any atom is -0.466 e. The molecule has 0 spiro atoms. The van der Waals surface area contributed by atoms with Crippen LogP contribution in [0.2, 0.25) is 0 Å². The van der Waals surface area contributed by atoms with E-state index in [0.29, 0.717) is 17.6 Å². The van der Waals surface area contributed by atoms with Crippen molar-refractivity contribution in [3.63, 3.8) is 0 Å². The predicted octanol–water partition coefficient (Wildman–Crippen LogP) is -0.502.